The van der Waals surface area contributed by atoms with E-state index in [1.54, 1.807) is 0 Å². The van der Waals surface area contributed by atoms with Gasteiger partial charge in [0.25, 0.3) is 0 Å². The van der Waals surface area contributed by atoms with Crippen LogP contribution in [-0.4, -0.2) is 17.5 Å². The molecule has 1 fully saturated rings. The van der Waals surface area contributed by atoms with Gasteiger partial charge >= 0.3 is 0 Å². The quantitative estimate of drug-likeness (QED) is 0.787. The minimum Gasteiger partial charge on any atom is -0.333 e. The van der Waals surface area contributed by atoms with E-state index in [2.05, 4.69) is 10.3 Å². The van der Waals surface area contributed by atoms with Gasteiger partial charge in [-0.3, -0.25) is 4.99 Å². The molecule has 1 aromatic carbocycles. The molecule has 3 rings (SSSR count). The van der Waals surface area contributed by atoms with Crippen molar-refractivity contribution in [3.63, 3.8) is 0 Å². The van der Waals surface area contributed by atoms with Crippen LogP contribution in [0.5, 0.6) is 0 Å². The van der Waals surface area contributed by atoms with E-state index in [0.29, 0.717) is 10.6 Å². The van der Waals surface area contributed by atoms with Crippen molar-refractivity contribution >= 4 is 22.6 Å². The monoisotopic (exact) mass is 300 g/mol. The van der Waals surface area contributed by atoms with Crippen molar-refractivity contribution in [2.45, 2.75) is 25.7 Å². The van der Waals surface area contributed by atoms with Crippen molar-refractivity contribution in [1.29, 1.82) is 0 Å². The molecule has 108 valence electrons. The van der Waals surface area contributed by atoms with Crippen LogP contribution < -0.4 is 5.32 Å². The Morgan fingerprint density at radius 3 is 2.50 bits per heavy atom. The van der Waals surface area contributed by atoms with Gasteiger partial charge in [-0.25, -0.2) is 13.2 Å². The van der Waals surface area contributed by atoms with Crippen LogP contribution in [0.4, 0.5) is 18.9 Å². The van der Waals surface area contributed by atoms with Gasteiger partial charge in [0.15, 0.2) is 22.6 Å². The third kappa shape index (κ3) is 2.53. The molecule has 0 radical (unpaired) electrons. The Bertz CT molecular complexity index is 554. The Balaban J connectivity index is 1.73. The molecule has 0 bridgehead atoms. The molecule has 0 amide bonds. The molecule has 1 aliphatic carbocycles. The number of anilines is 1. The fourth-order valence-electron chi connectivity index (χ4n) is 2.79. The highest BCUT2D eigenvalue weighted by atomic mass is 32.2. The van der Waals surface area contributed by atoms with Crippen LogP contribution in [0.15, 0.2) is 17.1 Å². The summed E-state index contributed by atoms with van der Waals surface area (Å²) < 4.78 is 39.6. The molecule has 0 unspecified atom stereocenters. The molecule has 6 heteroatoms. The molecule has 2 nitrogen and oxygen atoms in total. The number of thioether (sulfide) groups is 1. The molecule has 1 saturated carbocycles. The largest absolute Gasteiger partial charge is 0.333 e. The molecule has 1 aliphatic heterocycles. The van der Waals surface area contributed by atoms with Gasteiger partial charge in [-0.2, -0.15) is 0 Å². The molecule has 1 spiro atoms. The summed E-state index contributed by atoms with van der Waals surface area (Å²) in [6.45, 7) is 0.730. The van der Waals surface area contributed by atoms with Gasteiger partial charge in [0.05, 0.1) is 5.69 Å². The number of halogens is 3. The van der Waals surface area contributed by atoms with Crippen LogP contribution >= 0.6 is 11.8 Å². The van der Waals surface area contributed by atoms with Crippen LogP contribution in [0.2, 0.25) is 0 Å². The SMILES string of the molecule is Fc1ccc(NC2=NCC3(CCCC3)CS2)c(F)c1F. The fourth-order valence-corrected chi connectivity index (χ4v) is 3.95. The van der Waals surface area contributed by atoms with Crippen molar-refractivity contribution in [2.75, 3.05) is 17.6 Å². The Hall–Kier alpha value is -1.17. The summed E-state index contributed by atoms with van der Waals surface area (Å²) in [5.74, 6) is -2.89. The van der Waals surface area contributed by atoms with Gasteiger partial charge in [-0.15, -0.1) is 0 Å². The molecule has 1 aromatic rings. The highest BCUT2D eigenvalue weighted by Gasteiger charge is 2.36. The summed E-state index contributed by atoms with van der Waals surface area (Å²) in [4.78, 5) is 4.44. The summed E-state index contributed by atoms with van der Waals surface area (Å²) in [6, 6.07) is 2.10. The highest BCUT2D eigenvalue weighted by Crippen LogP contribution is 2.43. The van der Waals surface area contributed by atoms with Crippen molar-refractivity contribution in [3.05, 3.63) is 29.6 Å². The second kappa shape index (κ2) is 5.31. The van der Waals surface area contributed by atoms with Gasteiger partial charge in [0.2, 0.25) is 0 Å². The van der Waals surface area contributed by atoms with Crippen LogP contribution in [0.3, 0.4) is 0 Å². The van der Waals surface area contributed by atoms with E-state index < -0.39 is 17.5 Å². The number of nitrogens with one attached hydrogen (secondary N) is 1. The van der Waals surface area contributed by atoms with E-state index in [-0.39, 0.29) is 5.69 Å². The summed E-state index contributed by atoms with van der Waals surface area (Å²) in [5, 5.41) is 3.33. The molecular weight excluding hydrogens is 285 g/mol. The van der Waals surface area contributed by atoms with Gasteiger partial charge < -0.3 is 5.32 Å². The van der Waals surface area contributed by atoms with Gasteiger partial charge in [-0.05, 0) is 30.4 Å². The number of amidine groups is 1. The minimum absolute atomic E-state index is 0.0717. The topological polar surface area (TPSA) is 24.4 Å². The normalized spacial score (nSPS) is 21.1. The van der Waals surface area contributed by atoms with Crippen LogP contribution in [0, 0.1) is 22.9 Å². The summed E-state index contributed by atoms with van der Waals surface area (Å²) in [5.41, 5.74) is 0.222. The van der Waals surface area contributed by atoms with E-state index in [4.69, 9.17) is 0 Å². The highest BCUT2D eigenvalue weighted by molar-refractivity contribution is 8.14. The van der Waals surface area contributed by atoms with E-state index in [1.165, 1.54) is 43.5 Å². The Labute approximate surface area is 119 Å². The molecule has 2 aliphatic rings. The van der Waals surface area contributed by atoms with Crippen molar-refractivity contribution in [1.82, 2.24) is 0 Å². The van der Waals surface area contributed by atoms with Crippen LogP contribution in [0.25, 0.3) is 0 Å². The standard InChI is InChI=1S/C14H15F3N2S/c15-9-3-4-10(12(17)11(9)16)19-13-18-7-14(8-20-13)5-1-2-6-14/h3-4H,1-2,5-8H2,(H,18,19). The Morgan fingerprint density at radius 2 is 1.85 bits per heavy atom. The third-order valence-corrected chi connectivity index (χ3v) is 5.28. The predicted molar refractivity (Wildman–Crippen MR) is 75.6 cm³/mol. The smallest absolute Gasteiger partial charge is 0.196 e. The lowest BCUT2D eigenvalue weighted by atomic mass is 9.89. The zero-order valence-corrected chi connectivity index (χ0v) is 11.7. The molecule has 20 heavy (non-hydrogen) atoms. The summed E-state index contributed by atoms with van der Waals surface area (Å²) in [7, 11) is 0. The molecule has 1 heterocycles. The van der Waals surface area contributed by atoms with Gasteiger partial charge in [0, 0.05) is 12.3 Å². The number of hydrogen-bond acceptors (Lipinski definition) is 3. The fraction of sp³-hybridized carbons (Fsp3) is 0.500. The van der Waals surface area contributed by atoms with E-state index in [0.717, 1.165) is 18.4 Å². The molecule has 0 atom stereocenters. The van der Waals surface area contributed by atoms with Crippen molar-refractivity contribution in [2.24, 2.45) is 10.4 Å². The Kier molecular flexibility index (Phi) is 3.67. The first kappa shape index (κ1) is 13.8. The second-order valence-corrected chi connectivity index (χ2v) is 6.43. The first-order chi connectivity index (χ1) is 9.60. The zero-order valence-electron chi connectivity index (χ0n) is 10.9. The Morgan fingerprint density at radius 1 is 1.10 bits per heavy atom. The zero-order chi connectivity index (χ0) is 14.2. The lowest BCUT2D eigenvalue weighted by Crippen LogP contribution is -2.30. The third-order valence-electron chi connectivity index (χ3n) is 4.01. The summed E-state index contributed by atoms with van der Waals surface area (Å²) in [6.07, 6.45) is 4.87. The predicted octanol–water partition coefficient (Wildman–Crippen LogP) is 4.18. The minimum atomic E-state index is -1.45. The number of rotatable bonds is 1. The first-order valence-electron chi connectivity index (χ1n) is 6.67. The molecular formula is C14H15F3N2S. The maximum atomic E-state index is 13.6. The van der Waals surface area contributed by atoms with Crippen molar-refractivity contribution < 1.29 is 13.2 Å². The van der Waals surface area contributed by atoms with Crippen LogP contribution in [0.1, 0.15) is 25.7 Å². The average molecular weight is 300 g/mol. The number of hydrogen-bond donors (Lipinski definition) is 1. The molecule has 1 N–H and O–H groups in total. The van der Waals surface area contributed by atoms with Gasteiger partial charge in [0.1, 0.15) is 0 Å². The lowest BCUT2D eigenvalue weighted by molar-refractivity contribution is 0.359. The lowest BCUT2D eigenvalue weighted by Gasteiger charge is -2.31. The first-order valence-corrected chi connectivity index (χ1v) is 7.66. The average Bonchev–Trinajstić information content (AvgIpc) is 2.91. The second-order valence-electron chi connectivity index (χ2n) is 5.47. The van der Waals surface area contributed by atoms with Crippen molar-refractivity contribution in [3.8, 4) is 0 Å². The maximum absolute atomic E-state index is 13.6. The van der Waals surface area contributed by atoms with Crippen LogP contribution in [-0.2, 0) is 0 Å². The van der Waals surface area contributed by atoms with E-state index in [1.807, 2.05) is 0 Å². The molecule has 0 saturated heterocycles. The van der Waals surface area contributed by atoms with E-state index in [9.17, 15) is 13.2 Å². The van der Waals surface area contributed by atoms with Gasteiger partial charge in [-0.1, -0.05) is 24.6 Å². The number of benzene rings is 1. The maximum Gasteiger partial charge on any atom is 0.196 e. The van der Waals surface area contributed by atoms with E-state index >= 15 is 0 Å². The summed E-state index contributed by atoms with van der Waals surface area (Å²) >= 11 is 1.53. The molecule has 0 aromatic heterocycles. The number of aliphatic imine (C=N–C) groups is 1. The number of nitrogens with zero attached hydrogens (tertiary/aromatic N) is 1.